The molecule has 2 amide bonds. The normalized spacial score (nSPS) is 14.9. The van der Waals surface area contributed by atoms with Gasteiger partial charge in [0, 0.05) is 26.2 Å². The maximum Gasteiger partial charge on any atom is 0.409 e. The molecule has 8 heteroatoms. The Labute approximate surface area is 144 Å². The van der Waals surface area contributed by atoms with E-state index < -0.39 is 0 Å². The average molecular weight is 348 g/mol. The van der Waals surface area contributed by atoms with E-state index in [0.717, 1.165) is 16.2 Å². The number of amides is 2. The Balaban J connectivity index is 1.48. The van der Waals surface area contributed by atoms with Gasteiger partial charge in [0.15, 0.2) is 5.16 Å². The number of benzene rings is 1. The van der Waals surface area contributed by atoms with Crippen molar-refractivity contribution in [3.63, 3.8) is 0 Å². The third kappa shape index (κ3) is 3.81. The summed E-state index contributed by atoms with van der Waals surface area (Å²) in [6.45, 7) is 4.26. The minimum absolute atomic E-state index is 0.0592. The van der Waals surface area contributed by atoms with Crippen molar-refractivity contribution in [2.24, 2.45) is 0 Å². The van der Waals surface area contributed by atoms with Crippen LogP contribution in [0.25, 0.3) is 11.0 Å². The number of fused-ring (bicyclic) bond motifs is 1. The summed E-state index contributed by atoms with van der Waals surface area (Å²) in [6.07, 6.45) is -0.304. The number of ether oxygens (including phenoxy) is 1. The highest BCUT2D eigenvalue weighted by molar-refractivity contribution is 7.99. The van der Waals surface area contributed by atoms with Crippen molar-refractivity contribution < 1.29 is 14.3 Å². The number of carbonyl (C=O) groups is 2. The lowest BCUT2D eigenvalue weighted by Crippen LogP contribution is -2.51. The number of hydrogen-bond acceptors (Lipinski definition) is 5. The number of rotatable bonds is 4. The summed E-state index contributed by atoms with van der Waals surface area (Å²) < 4.78 is 4.98. The molecule has 1 aliphatic rings. The Kier molecular flexibility index (Phi) is 5.24. The van der Waals surface area contributed by atoms with Crippen molar-refractivity contribution in [3.05, 3.63) is 24.3 Å². The first-order valence-corrected chi connectivity index (χ1v) is 8.93. The number of thioether (sulfide) groups is 1. The topological polar surface area (TPSA) is 78.5 Å². The van der Waals surface area contributed by atoms with E-state index in [1.807, 2.05) is 24.3 Å². The van der Waals surface area contributed by atoms with Crippen molar-refractivity contribution in [1.29, 1.82) is 0 Å². The Bertz CT molecular complexity index is 692. The number of nitrogens with one attached hydrogen (secondary N) is 1. The van der Waals surface area contributed by atoms with Crippen LogP contribution in [0.15, 0.2) is 29.4 Å². The third-order valence-electron chi connectivity index (χ3n) is 3.86. The summed E-state index contributed by atoms with van der Waals surface area (Å²) >= 11 is 1.40. The molecular weight excluding hydrogens is 328 g/mol. The predicted molar refractivity (Wildman–Crippen MR) is 92.0 cm³/mol. The van der Waals surface area contributed by atoms with Crippen LogP contribution >= 0.6 is 11.8 Å². The van der Waals surface area contributed by atoms with Crippen LogP contribution in [0, 0.1) is 0 Å². The van der Waals surface area contributed by atoms with Gasteiger partial charge in [0.1, 0.15) is 0 Å². The molecule has 24 heavy (non-hydrogen) atoms. The Morgan fingerprint density at radius 1 is 1.21 bits per heavy atom. The molecule has 1 saturated heterocycles. The molecule has 1 aromatic carbocycles. The molecule has 0 spiro atoms. The second-order valence-electron chi connectivity index (χ2n) is 5.41. The summed E-state index contributed by atoms with van der Waals surface area (Å²) in [5, 5.41) is 0.745. The van der Waals surface area contributed by atoms with Gasteiger partial charge in [-0.05, 0) is 19.1 Å². The molecule has 1 aliphatic heterocycles. The fraction of sp³-hybridized carbons (Fsp3) is 0.438. The van der Waals surface area contributed by atoms with Gasteiger partial charge in [0.2, 0.25) is 5.91 Å². The van der Waals surface area contributed by atoms with Gasteiger partial charge >= 0.3 is 6.09 Å². The van der Waals surface area contributed by atoms with Crippen molar-refractivity contribution in [2.75, 3.05) is 38.5 Å². The number of aromatic nitrogens is 2. The number of H-pyrrole nitrogens is 1. The largest absolute Gasteiger partial charge is 0.450 e. The number of aromatic amines is 1. The molecule has 0 atom stereocenters. The van der Waals surface area contributed by atoms with E-state index in [1.165, 1.54) is 11.8 Å². The average Bonchev–Trinajstić information content (AvgIpc) is 3.03. The lowest BCUT2D eigenvalue weighted by Gasteiger charge is -2.33. The van der Waals surface area contributed by atoms with E-state index in [0.29, 0.717) is 38.5 Å². The molecular formula is C16H20N4O3S. The zero-order chi connectivity index (χ0) is 16.9. The van der Waals surface area contributed by atoms with Crippen LogP contribution in [0.5, 0.6) is 0 Å². The van der Waals surface area contributed by atoms with Crippen LogP contribution in [-0.4, -0.2) is 70.3 Å². The molecule has 1 fully saturated rings. The van der Waals surface area contributed by atoms with E-state index in [2.05, 4.69) is 9.97 Å². The van der Waals surface area contributed by atoms with E-state index in [-0.39, 0.29) is 12.0 Å². The number of hydrogen-bond donors (Lipinski definition) is 1. The molecule has 7 nitrogen and oxygen atoms in total. The first-order chi connectivity index (χ1) is 11.7. The van der Waals surface area contributed by atoms with E-state index in [9.17, 15) is 9.59 Å². The Morgan fingerprint density at radius 2 is 1.92 bits per heavy atom. The standard InChI is InChI=1S/C16H20N4O3S/c1-2-23-16(22)20-9-7-19(8-10-20)14(21)11-24-15-17-12-5-3-4-6-13(12)18-15/h3-6H,2,7-11H2,1H3,(H,17,18). The minimum atomic E-state index is -0.304. The zero-order valence-electron chi connectivity index (χ0n) is 13.5. The van der Waals surface area contributed by atoms with Gasteiger partial charge in [0.05, 0.1) is 23.4 Å². The lowest BCUT2D eigenvalue weighted by molar-refractivity contribution is -0.129. The fourth-order valence-corrected chi connectivity index (χ4v) is 3.36. The monoisotopic (exact) mass is 348 g/mol. The number of imidazole rings is 1. The molecule has 1 N–H and O–H groups in total. The Morgan fingerprint density at radius 3 is 2.62 bits per heavy atom. The summed E-state index contributed by atoms with van der Waals surface area (Å²) in [7, 11) is 0. The summed E-state index contributed by atoms with van der Waals surface area (Å²) in [5.41, 5.74) is 1.87. The van der Waals surface area contributed by atoms with Gasteiger partial charge in [-0.25, -0.2) is 9.78 Å². The van der Waals surface area contributed by atoms with E-state index in [1.54, 1.807) is 16.7 Å². The first-order valence-electron chi connectivity index (χ1n) is 7.94. The van der Waals surface area contributed by atoms with Crippen LogP contribution in [0.4, 0.5) is 4.79 Å². The van der Waals surface area contributed by atoms with Crippen LogP contribution in [0.3, 0.4) is 0 Å². The maximum absolute atomic E-state index is 12.3. The molecule has 2 aromatic rings. The highest BCUT2D eigenvalue weighted by Gasteiger charge is 2.24. The molecule has 0 aliphatic carbocycles. The summed E-state index contributed by atoms with van der Waals surface area (Å²) in [6, 6.07) is 7.78. The SMILES string of the molecule is CCOC(=O)N1CCN(C(=O)CSc2nc3ccccc3[nH]2)CC1. The number of para-hydroxylation sites is 2. The number of piperazine rings is 1. The lowest BCUT2D eigenvalue weighted by atomic mass is 10.3. The summed E-state index contributed by atoms with van der Waals surface area (Å²) in [4.78, 5) is 35.0. The van der Waals surface area contributed by atoms with Gasteiger partial charge in [-0.3, -0.25) is 4.79 Å². The van der Waals surface area contributed by atoms with Gasteiger partial charge in [-0.2, -0.15) is 0 Å². The second kappa shape index (κ2) is 7.57. The molecule has 0 unspecified atom stereocenters. The van der Waals surface area contributed by atoms with Gasteiger partial charge in [0.25, 0.3) is 0 Å². The fourth-order valence-electron chi connectivity index (χ4n) is 2.57. The van der Waals surface area contributed by atoms with E-state index >= 15 is 0 Å². The van der Waals surface area contributed by atoms with Crippen LogP contribution < -0.4 is 0 Å². The van der Waals surface area contributed by atoms with Gasteiger partial charge in [-0.1, -0.05) is 23.9 Å². The molecule has 0 radical (unpaired) electrons. The van der Waals surface area contributed by atoms with Gasteiger partial charge < -0.3 is 19.5 Å². The van der Waals surface area contributed by atoms with Gasteiger partial charge in [-0.15, -0.1) is 0 Å². The smallest absolute Gasteiger partial charge is 0.409 e. The maximum atomic E-state index is 12.3. The molecule has 128 valence electrons. The van der Waals surface area contributed by atoms with E-state index in [4.69, 9.17) is 4.74 Å². The number of nitrogens with zero attached hydrogens (tertiary/aromatic N) is 3. The Hall–Kier alpha value is -2.22. The van der Waals surface area contributed by atoms with Crippen molar-refractivity contribution >= 4 is 34.8 Å². The minimum Gasteiger partial charge on any atom is -0.450 e. The van der Waals surface area contributed by atoms with Crippen LogP contribution in [0.1, 0.15) is 6.92 Å². The quantitative estimate of drug-likeness (QED) is 0.855. The third-order valence-corrected chi connectivity index (χ3v) is 4.72. The highest BCUT2D eigenvalue weighted by Crippen LogP contribution is 2.19. The zero-order valence-corrected chi connectivity index (χ0v) is 14.3. The molecule has 0 bridgehead atoms. The predicted octanol–water partition coefficient (Wildman–Crippen LogP) is 1.96. The molecule has 3 rings (SSSR count). The van der Waals surface area contributed by atoms with Crippen molar-refractivity contribution in [2.45, 2.75) is 12.1 Å². The van der Waals surface area contributed by atoms with Crippen LogP contribution in [-0.2, 0) is 9.53 Å². The van der Waals surface area contributed by atoms with Crippen LogP contribution in [0.2, 0.25) is 0 Å². The van der Waals surface area contributed by atoms with Crippen molar-refractivity contribution in [3.8, 4) is 0 Å². The number of carbonyl (C=O) groups excluding carboxylic acids is 2. The molecule has 1 aromatic heterocycles. The summed E-state index contributed by atoms with van der Waals surface area (Å²) in [5.74, 6) is 0.392. The molecule has 0 saturated carbocycles. The molecule has 2 heterocycles. The highest BCUT2D eigenvalue weighted by atomic mass is 32.2. The first kappa shape index (κ1) is 16.6. The second-order valence-corrected chi connectivity index (χ2v) is 6.38. The van der Waals surface area contributed by atoms with Crippen molar-refractivity contribution in [1.82, 2.24) is 19.8 Å².